The fraction of sp³-hybridized carbons (Fsp3) is 0.241. The maximum Gasteiger partial charge on any atom is 0.295 e. The summed E-state index contributed by atoms with van der Waals surface area (Å²) in [6.45, 7) is 6.05. The minimum atomic E-state index is -0.742. The van der Waals surface area contributed by atoms with Gasteiger partial charge in [0.15, 0.2) is 0 Å². The van der Waals surface area contributed by atoms with E-state index in [-0.39, 0.29) is 24.0 Å². The van der Waals surface area contributed by atoms with Crippen molar-refractivity contribution in [3.05, 3.63) is 101 Å². The largest absolute Gasteiger partial charge is 0.507 e. The zero-order chi connectivity index (χ0) is 25.1. The SMILES string of the molecule is COc1ccc(C2/C(=C(/O)c3ccc(C)cc3)C(=O)C(=O)N2Cc2ccc(OC(C)C)cc2)cc1. The second kappa shape index (κ2) is 10.1. The van der Waals surface area contributed by atoms with Crippen LogP contribution in [0.25, 0.3) is 5.76 Å². The average Bonchev–Trinajstić information content (AvgIpc) is 3.10. The molecule has 1 unspecified atom stereocenters. The van der Waals surface area contributed by atoms with Gasteiger partial charge in [-0.05, 0) is 56.2 Å². The fourth-order valence-electron chi connectivity index (χ4n) is 4.19. The smallest absolute Gasteiger partial charge is 0.295 e. The van der Waals surface area contributed by atoms with Crippen LogP contribution in [-0.4, -0.2) is 34.9 Å². The molecule has 0 aliphatic carbocycles. The van der Waals surface area contributed by atoms with Crippen molar-refractivity contribution in [1.82, 2.24) is 4.90 Å². The maximum atomic E-state index is 13.2. The van der Waals surface area contributed by atoms with Crippen LogP contribution in [0.3, 0.4) is 0 Å². The van der Waals surface area contributed by atoms with E-state index in [0.29, 0.717) is 16.9 Å². The van der Waals surface area contributed by atoms with E-state index in [1.165, 1.54) is 4.90 Å². The summed E-state index contributed by atoms with van der Waals surface area (Å²) in [5.74, 6) is -0.153. The van der Waals surface area contributed by atoms with Gasteiger partial charge in [0.2, 0.25) is 0 Å². The highest BCUT2D eigenvalue weighted by molar-refractivity contribution is 6.46. The normalized spacial score (nSPS) is 17.2. The molecule has 3 aromatic carbocycles. The van der Waals surface area contributed by atoms with Crippen molar-refractivity contribution < 1.29 is 24.2 Å². The third kappa shape index (κ3) is 5.06. The first-order chi connectivity index (χ1) is 16.8. The molecular formula is C29H29NO5. The number of ether oxygens (including phenoxy) is 2. The van der Waals surface area contributed by atoms with E-state index < -0.39 is 17.7 Å². The highest BCUT2D eigenvalue weighted by Crippen LogP contribution is 2.40. The number of Topliss-reactive ketones (excluding diaryl/α,β-unsaturated/α-hetero) is 1. The molecule has 0 spiro atoms. The molecular weight excluding hydrogens is 442 g/mol. The molecule has 1 saturated heterocycles. The first-order valence-corrected chi connectivity index (χ1v) is 11.5. The highest BCUT2D eigenvalue weighted by Gasteiger charge is 2.46. The number of carbonyl (C=O) groups excluding carboxylic acids is 2. The van der Waals surface area contributed by atoms with Gasteiger partial charge in [0, 0.05) is 12.1 Å². The maximum absolute atomic E-state index is 13.2. The first-order valence-electron chi connectivity index (χ1n) is 11.5. The third-order valence-corrected chi connectivity index (χ3v) is 5.94. The summed E-state index contributed by atoms with van der Waals surface area (Å²) in [5.41, 5.74) is 3.14. The summed E-state index contributed by atoms with van der Waals surface area (Å²) < 4.78 is 11.0. The molecule has 6 nitrogen and oxygen atoms in total. The number of amides is 1. The van der Waals surface area contributed by atoms with E-state index in [1.807, 2.05) is 69.3 Å². The molecule has 1 amide bonds. The Kier molecular flexibility index (Phi) is 6.92. The molecule has 0 saturated carbocycles. The molecule has 0 radical (unpaired) electrons. The Labute approximate surface area is 205 Å². The predicted molar refractivity (Wildman–Crippen MR) is 134 cm³/mol. The number of nitrogens with zero attached hydrogens (tertiary/aromatic N) is 1. The van der Waals surface area contributed by atoms with Crippen LogP contribution in [0.1, 0.15) is 42.1 Å². The number of hydrogen-bond donors (Lipinski definition) is 1. The zero-order valence-electron chi connectivity index (χ0n) is 20.3. The van der Waals surface area contributed by atoms with Gasteiger partial charge in [-0.15, -0.1) is 0 Å². The molecule has 3 aromatic rings. The topological polar surface area (TPSA) is 76.1 Å². The lowest BCUT2D eigenvalue weighted by molar-refractivity contribution is -0.140. The van der Waals surface area contributed by atoms with Crippen molar-refractivity contribution in [2.75, 3.05) is 7.11 Å². The molecule has 0 bridgehead atoms. The van der Waals surface area contributed by atoms with Gasteiger partial charge in [0.25, 0.3) is 11.7 Å². The minimum Gasteiger partial charge on any atom is -0.507 e. The van der Waals surface area contributed by atoms with Gasteiger partial charge in [0.05, 0.1) is 24.8 Å². The minimum absolute atomic E-state index is 0.0514. The van der Waals surface area contributed by atoms with Crippen molar-refractivity contribution in [2.45, 2.75) is 39.5 Å². The number of carbonyl (C=O) groups is 2. The highest BCUT2D eigenvalue weighted by atomic mass is 16.5. The summed E-state index contributed by atoms with van der Waals surface area (Å²) in [6.07, 6.45) is 0.0514. The van der Waals surface area contributed by atoms with Crippen molar-refractivity contribution >= 4 is 17.4 Å². The fourth-order valence-corrected chi connectivity index (χ4v) is 4.19. The summed E-state index contributed by atoms with van der Waals surface area (Å²) in [5, 5.41) is 11.2. The van der Waals surface area contributed by atoms with Crippen LogP contribution in [-0.2, 0) is 16.1 Å². The number of hydrogen-bond acceptors (Lipinski definition) is 5. The van der Waals surface area contributed by atoms with E-state index in [0.717, 1.165) is 16.9 Å². The van der Waals surface area contributed by atoms with Gasteiger partial charge < -0.3 is 19.5 Å². The van der Waals surface area contributed by atoms with E-state index in [4.69, 9.17) is 9.47 Å². The summed E-state index contributed by atoms with van der Waals surface area (Å²) in [4.78, 5) is 27.9. The average molecular weight is 472 g/mol. The van der Waals surface area contributed by atoms with Crippen LogP contribution >= 0.6 is 0 Å². The molecule has 1 fully saturated rings. The Hall–Kier alpha value is -4.06. The van der Waals surface area contributed by atoms with Gasteiger partial charge >= 0.3 is 0 Å². The number of aryl methyl sites for hydroxylation is 1. The number of likely N-dealkylation sites (tertiary alicyclic amines) is 1. The number of aliphatic hydroxyl groups excluding tert-OH is 1. The van der Waals surface area contributed by atoms with Crippen LogP contribution in [0, 0.1) is 6.92 Å². The van der Waals surface area contributed by atoms with Crippen molar-refractivity contribution in [1.29, 1.82) is 0 Å². The number of rotatable bonds is 7. The first kappa shape index (κ1) is 24.1. The summed E-state index contributed by atoms with van der Waals surface area (Å²) in [7, 11) is 1.57. The number of aliphatic hydroxyl groups is 1. The van der Waals surface area contributed by atoms with Crippen LogP contribution in [0.4, 0.5) is 0 Å². The number of benzene rings is 3. The van der Waals surface area contributed by atoms with E-state index in [1.54, 1.807) is 31.4 Å². The third-order valence-electron chi connectivity index (χ3n) is 5.94. The van der Waals surface area contributed by atoms with Gasteiger partial charge in [-0.2, -0.15) is 0 Å². The molecule has 1 N–H and O–H groups in total. The van der Waals surface area contributed by atoms with E-state index in [2.05, 4.69) is 0 Å². The zero-order valence-corrected chi connectivity index (χ0v) is 20.3. The molecule has 1 heterocycles. The van der Waals surface area contributed by atoms with Crippen molar-refractivity contribution in [3.8, 4) is 11.5 Å². The molecule has 1 aliphatic heterocycles. The molecule has 1 atom stereocenters. The van der Waals surface area contributed by atoms with Crippen LogP contribution < -0.4 is 9.47 Å². The van der Waals surface area contributed by atoms with Crippen LogP contribution in [0.2, 0.25) is 0 Å². The molecule has 180 valence electrons. The molecule has 1 aliphatic rings. The second-order valence-corrected chi connectivity index (χ2v) is 8.88. The van der Waals surface area contributed by atoms with E-state index in [9.17, 15) is 14.7 Å². The van der Waals surface area contributed by atoms with Gasteiger partial charge in [-0.1, -0.05) is 54.1 Å². The molecule has 35 heavy (non-hydrogen) atoms. The number of methoxy groups -OCH3 is 1. The van der Waals surface area contributed by atoms with Gasteiger partial charge in [-0.25, -0.2) is 0 Å². The molecule has 4 rings (SSSR count). The number of ketones is 1. The summed E-state index contributed by atoms with van der Waals surface area (Å²) >= 11 is 0. The predicted octanol–water partition coefficient (Wildman–Crippen LogP) is 5.41. The Morgan fingerprint density at radius 1 is 0.914 bits per heavy atom. The van der Waals surface area contributed by atoms with Crippen LogP contribution in [0.5, 0.6) is 11.5 Å². The Balaban J connectivity index is 1.76. The lowest BCUT2D eigenvalue weighted by Gasteiger charge is -2.25. The summed E-state index contributed by atoms with van der Waals surface area (Å²) in [6, 6.07) is 21.1. The quantitative estimate of drug-likeness (QED) is 0.283. The van der Waals surface area contributed by atoms with Crippen molar-refractivity contribution in [3.63, 3.8) is 0 Å². The molecule has 6 heteroatoms. The van der Waals surface area contributed by atoms with Gasteiger partial charge in [-0.3, -0.25) is 9.59 Å². The Morgan fingerprint density at radius 2 is 1.51 bits per heavy atom. The van der Waals surface area contributed by atoms with E-state index >= 15 is 0 Å². The lowest BCUT2D eigenvalue weighted by Crippen LogP contribution is -2.29. The monoisotopic (exact) mass is 471 g/mol. The second-order valence-electron chi connectivity index (χ2n) is 8.88. The standard InChI is InChI=1S/C29H29NO5/c1-18(2)35-24-13-7-20(8-14-24)17-30-26(21-11-15-23(34-4)16-12-21)25(28(32)29(30)33)27(31)22-9-5-19(3)6-10-22/h5-16,18,26,31H,17H2,1-4H3/b27-25-. The van der Waals surface area contributed by atoms with Gasteiger partial charge in [0.1, 0.15) is 17.3 Å². The van der Waals surface area contributed by atoms with Crippen molar-refractivity contribution in [2.24, 2.45) is 0 Å². The lowest BCUT2D eigenvalue weighted by atomic mass is 9.95. The molecule has 0 aromatic heterocycles. The van der Waals surface area contributed by atoms with Crippen LogP contribution in [0.15, 0.2) is 78.4 Å². The Morgan fingerprint density at radius 3 is 2.09 bits per heavy atom. The Bertz CT molecular complexity index is 1240.